The van der Waals surface area contributed by atoms with E-state index in [1.807, 2.05) is 12.1 Å². The van der Waals surface area contributed by atoms with Crippen molar-refractivity contribution in [3.05, 3.63) is 64.2 Å². The van der Waals surface area contributed by atoms with Gasteiger partial charge in [0.2, 0.25) is 0 Å². The number of nitrogens with zero attached hydrogens (tertiary/aromatic N) is 1. The molecule has 4 heteroatoms. The normalized spacial score (nSPS) is 13.9. The van der Waals surface area contributed by atoms with Gasteiger partial charge in [-0.05, 0) is 42.2 Å². The third kappa shape index (κ3) is 2.88. The van der Waals surface area contributed by atoms with Crippen molar-refractivity contribution in [1.82, 2.24) is 0 Å². The van der Waals surface area contributed by atoms with E-state index in [1.165, 1.54) is 17.3 Å². The topological polar surface area (TPSA) is 40.5 Å². The second-order valence-corrected chi connectivity index (χ2v) is 5.67. The molecule has 0 amide bonds. The number of hydrogen-bond donors (Lipinski definition) is 1. The van der Waals surface area contributed by atoms with Crippen molar-refractivity contribution >= 4 is 23.3 Å². The van der Waals surface area contributed by atoms with Crippen LogP contribution in [-0.2, 0) is 13.0 Å². The highest BCUT2D eigenvalue weighted by atomic mass is 35.5. The van der Waals surface area contributed by atoms with Gasteiger partial charge in [-0.3, -0.25) is 0 Å². The minimum atomic E-state index is -0.952. The maximum atomic E-state index is 10.9. The molecule has 1 heterocycles. The highest BCUT2D eigenvalue weighted by molar-refractivity contribution is 6.31. The van der Waals surface area contributed by atoms with E-state index in [-0.39, 0.29) is 5.56 Å². The lowest BCUT2D eigenvalue weighted by molar-refractivity contribution is 0.0697. The van der Waals surface area contributed by atoms with Crippen molar-refractivity contribution in [2.75, 3.05) is 11.4 Å². The van der Waals surface area contributed by atoms with Gasteiger partial charge in [0, 0.05) is 23.8 Å². The number of anilines is 1. The Balaban J connectivity index is 1.86. The Labute approximate surface area is 128 Å². The van der Waals surface area contributed by atoms with Crippen LogP contribution in [0.15, 0.2) is 42.5 Å². The first-order valence-corrected chi connectivity index (χ1v) is 7.37. The lowest BCUT2D eigenvalue weighted by atomic mass is 10.0. The van der Waals surface area contributed by atoms with E-state index in [4.69, 9.17) is 16.7 Å². The average Bonchev–Trinajstić information content (AvgIpc) is 2.49. The summed E-state index contributed by atoms with van der Waals surface area (Å²) < 4.78 is 0. The van der Waals surface area contributed by atoms with Crippen LogP contribution >= 0.6 is 11.6 Å². The van der Waals surface area contributed by atoms with Crippen LogP contribution in [0.2, 0.25) is 5.02 Å². The molecule has 0 aliphatic carbocycles. The Morgan fingerprint density at radius 1 is 1.24 bits per heavy atom. The first-order valence-electron chi connectivity index (χ1n) is 7.00. The van der Waals surface area contributed by atoms with Gasteiger partial charge in [-0.15, -0.1) is 0 Å². The molecule has 0 aromatic heterocycles. The Morgan fingerprint density at radius 3 is 2.81 bits per heavy atom. The molecule has 1 N–H and O–H groups in total. The number of carboxylic acids is 1. The molecule has 2 aromatic carbocycles. The first-order chi connectivity index (χ1) is 10.1. The summed E-state index contributed by atoms with van der Waals surface area (Å²) in [7, 11) is 0. The molecule has 0 bridgehead atoms. The summed E-state index contributed by atoms with van der Waals surface area (Å²) >= 11 is 6.23. The SMILES string of the molecule is O=C(O)c1ccc(CN2CCCc3ccccc32)c(Cl)c1. The second kappa shape index (κ2) is 5.78. The number of carbonyl (C=O) groups is 1. The molecule has 0 saturated carbocycles. The molecule has 0 atom stereocenters. The highest BCUT2D eigenvalue weighted by Gasteiger charge is 2.17. The predicted octanol–water partition coefficient (Wildman–Crippen LogP) is 3.99. The van der Waals surface area contributed by atoms with E-state index in [1.54, 1.807) is 6.07 Å². The molecule has 0 saturated heterocycles. The molecule has 108 valence electrons. The number of para-hydroxylation sites is 1. The summed E-state index contributed by atoms with van der Waals surface area (Å²) in [6.07, 6.45) is 2.24. The quantitative estimate of drug-likeness (QED) is 0.932. The van der Waals surface area contributed by atoms with E-state index in [0.29, 0.717) is 11.6 Å². The summed E-state index contributed by atoms with van der Waals surface area (Å²) in [5.74, 6) is -0.952. The standard InChI is InChI=1S/C17H16ClNO2/c18-15-10-13(17(20)21)7-8-14(15)11-19-9-3-5-12-4-1-2-6-16(12)19/h1-2,4,6-8,10H,3,5,9,11H2,(H,20,21). The highest BCUT2D eigenvalue weighted by Crippen LogP contribution is 2.29. The zero-order valence-corrected chi connectivity index (χ0v) is 12.3. The Kier molecular flexibility index (Phi) is 3.84. The van der Waals surface area contributed by atoms with Crippen molar-refractivity contribution in [2.45, 2.75) is 19.4 Å². The van der Waals surface area contributed by atoms with Crippen LogP contribution in [0.3, 0.4) is 0 Å². The number of benzene rings is 2. The molecule has 0 unspecified atom stereocenters. The summed E-state index contributed by atoms with van der Waals surface area (Å²) in [5.41, 5.74) is 3.80. The fraction of sp³-hybridized carbons (Fsp3) is 0.235. The van der Waals surface area contributed by atoms with Crippen molar-refractivity contribution in [3.63, 3.8) is 0 Å². The van der Waals surface area contributed by atoms with Gasteiger partial charge >= 0.3 is 5.97 Å². The number of aryl methyl sites for hydroxylation is 1. The number of fused-ring (bicyclic) bond motifs is 1. The van der Waals surface area contributed by atoms with E-state index in [0.717, 1.165) is 24.9 Å². The van der Waals surface area contributed by atoms with Gasteiger partial charge in [-0.25, -0.2) is 4.79 Å². The summed E-state index contributed by atoms with van der Waals surface area (Å²) in [5, 5.41) is 9.49. The third-order valence-electron chi connectivity index (χ3n) is 3.87. The predicted molar refractivity (Wildman–Crippen MR) is 84.2 cm³/mol. The summed E-state index contributed by atoms with van der Waals surface area (Å²) in [6, 6.07) is 13.4. The molecule has 0 fully saturated rings. The zero-order chi connectivity index (χ0) is 14.8. The number of halogens is 1. The van der Waals surface area contributed by atoms with Gasteiger partial charge in [-0.2, -0.15) is 0 Å². The number of hydrogen-bond acceptors (Lipinski definition) is 2. The number of rotatable bonds is 3. The first kappa shape index (κ1) is 14.0. The molecule has 1 aliphatic rings. The van der Waals surface area contributed by atoms with Crippen LogP contribution < -0.4 is 4.90 Å². The molecule has 0 radical (unpaired) electrons. The molecule has 3 rings (SSSR count). The van der Waals surface area contributed by atoms with Crippen LogP contribution in [0, 0.1) is 0 Å². The molecule has 2 aromatic rings. The van der Waals surface area contributed by atoms with Crippen LogP contribution in [0.25, 0.3) is 0 Å². The van der Waals surface area contributed by atoms with Crippen LogP contribution in [0.4, 0.5) is 5.69 Å². The van der Waals surface area contributed by atoms with Gasteiger partial charge in [0.05, 0.1) is 5.56 Å². The van der Waals surface area contributed by atoms with Crippen molar-refractivity contribution in [2.24, 2.45) is 0 Å². The largest absolute Gasteiger partial charge is 0.478 e. The minimum Gasteiger partial charge on any atom is -0.478 e. The zero-order valence-electron chi connectivity index (χ0n) is 11.6. The fourth-order valence-electron chi connectivity index (χ4n) is 2.79. The Bertz CT molecular complexity index is 684. The Hall–Kier alpha value is -2.00. The van der Waals surface area contributed by atoms with Gasteiger partial charge in [0.25, 0.3) is 0 Å². The van der Waals surface area contributed by atoms with Gasteiger partial charge in [0.1, 0.15) is 0 Å². The number of aromatic carboxylic acids is 1. The second-order valence-electron chi connectivity index (χ2n) is 5.27. The summed E-state index contributed by atoms with van der Waals surface area (Å²) in [4.78, 5) is 13.3. The Morgan fingerprint density at radius 2 is 2.05 bits per heavy atom. The van der Waals surface area contributed by atoms with Gasteiger partial charge in [0.15, 0.2) is 0 Å². The molecular formula is C17H16ClNO2. The third-order valence-corrected chi connectivity index (χ3v) is 4.22. The molecular weight excluding hydrogens is 286 g/mol. The van der Waals surface area contributed by atoms with Crippen LogP contribution in [-0.4, -0.2) is 17.6 Å². The van der Waals surface area contributed by atoms with E-state index in [2.05, 4.69) is 23.1 Å². The van der Waals surface area contributed by atoms with E-state index in [9.17, 15) is 4.79 Å². The van der Waals surface area contributed by atoms with Crippen molar-refractivity contribution in [1.29, 1.82) is 0 Å². The van der Waals surface area contributed by atoms with E-state index >= 15 is 0 Å². The lowest BCUT2D eigenvalue weighted by Gasteiger charge is -2.31. The van der Waals surface area contributed by atoms with Crippen molar-refractivity contribution in [3.8, 4) is 0 Å². The number of carboxylic acid groups (broad SMARTS) is 1. The van der Waals surface area contributed by atoms with Crippen molar-refractivity contribution < 1.29 is 9.90 Å². The van der Waals surface area contributed by atoms with Crippen LogP contribution in [0.5, 0.6) is 0 Å². The lowest BCUT2D eigenvalue weighted by Crippen LogP contribution is -2.28. The summed E-state index contributed by atoms with van der Waals surface area (Å²) in [6.45, 7) is 1.70. The molecule has 21 heavy (non-hydrogen) atoms. The van der Waals surface area contributed by atoms with Gasteiger partial charge < -0.3 is 10.0 Å². The van der Waals surface area contributed by atoms with Crippen LogP contribution in [0.1, 0.15) is 27.9 Å². The average molecular weight is 302 g/mol. The minimum absolute atomic E-state index is 0.225. The molecule has 0 spiro atoms. The molecule has 1 aliphatic heterocycles. The van der Waals surface area contributed by atoms with E-state index < -0.39 is 5.97 Å². The maximum absolute atomic E-state index is 10.9. The molecule has 3 nitrogen and oxygen atoms in total. The maximum Gasteiger partial charge on any atom is 0.335 e. The monoisotopic (exact) mass is 301 g/mol. The van der Waals surface area contributed by atoms with Gasteiger partial charge in [-0.1, -0.05) is 35.9 Å². The fourth-order valence-corrected chi connectivity index (χ4v) is 3.03. The smallest absolute Gasteiger partial charge is 0.335 e.